The molecule has 0 aliphatic heterocycles. The van der Waals surface area contributed by atoms with Gasteiger partial charge in [0.2, 0.25) is 11.1 Å². The van der Waals surface area contributed by atoms with E-state index in [2.05, 4.69) is 25.7 Å². The summed E-state index contributed by atoms with van der Waals surface area (Å²) < 4.78 is 6.76. The van der Waals surface area contributed by atoms with E-state index >= 15 is 0 Å². The highest BCUT2D eigenvalue weighted by atomic mass is 32.2. The maximum atomic E-state index is 12.4. The Morgan fingerprint density at radius 3 is 2.33 bits per heavy atom. The van der Waals surface area contributed by atoms with Crippen LogP contribution in [0.4, 0.5) is 11.4 Å². The molecule has 0 radical (unpaired) electrons. The standard InChI is InChI=1S/C23H22N6O3S/c1-14-12-15(2)29-22(24-14)27-23(28-29)33-13-20(30)25-17-6-4-16(5-7-17)21(31)26-18-8-10-19(32-3)11-9-18/h4-12H,13H2,1-3H3,(H,25,30)(H,26,31). The highest BCUT2D eigenvalue weighted by Crippen LogP contribution is 2.18. The molecule has 0 aliphatic carbocycles. The van der Waals surface area contributed by atoms with Gasteiger partial charge < -0.3 is 15.4 Å². The summed E-state index contributed by atoms with van der Waals surface area (Å²) in [4.78, 5) is 33.5. The van der Waals surface area contributed by atoms with E-state index in [0.29, 0.717) is 33.6 Å². The van der Waals surface area contributed by atoms with E-state index in [1.54, 1.807) is 60.2 Å². The number of amides is 2. The molecule has 2 heterocycles. The molecule has 4 aromatic rings. The van der Waals surface area contributed by atoms with Gasteiger partial charge in [0.15, 0.2) is 0 Å². The van der Waals surface area contributed by atoms with E-state index in [9.17, 15) is 9.59 Å². The molecule has 168 valence electrons. The number of benzene rings is 2. The molecule has 2 aromatic carbocycles. The number of rotatable bonds is 7. The quantitative estimate of drug-likeness (QED) is 0.403. The first-order valence-electron chi connectivity index (χ1n) is 10.1. The number of aryl methyl sites for hydroxylation is 2. The fraction of sp³-hybridized carbons (Fsp3) is 0.174. The van der Waals surface area contributed by atoms with Crippen molar-refractivity contribution in [3.63, 3.8) is 0 Å². The number of hydrogen-bond donors (Lipinski definition) is 2. The summed E-state index contributed by atoms with van der Waals surface area (Å²) in [6.45, 7) is 3.83. The average Bonchev–Trinajstić information content (AvgIpc) is 3.22. The van der Waals surface area contributed by atoms with Gasteiger partial charge in [-0.25, -0.2) is 9.50 Å². The zero-order chi connectivity index (χ0) is 23.4. The zero-order valence-electron chi connectivity index (χ0n) is 18.3. The van der Waals surface area contributed by atoms with Gasteiger partial charge in [0, 0.05) is 28.3 Å². The normalized spacial score (nSPS) is 10.8. The van der Waals surface area contributed by atoms with Crippen LogP contribution in [0.5, 0.6) is 5.75 Å². The fourth-order valence-electron chi connectivity index (χ4n) is 3.12. The Morgan fingerprint density at radius 1 is 0.970 bits per heavy atom. The maximum absolute atomic E-state index is 12.4. The fourth-order valence-corrected chi connectivity index (χ4v) is 3.74. The zero-order valence-corrected chi connectivity index (χ0v) is 19.1. The third-order valence-electron chi connectivity index (χ3n) is 4.71. The van der Waals surface area contributed by atoms with Gasteiger partial charge in [-0.15, -0.1) is 5.10 Å². The van der Waals surface area contributed by atoms with Crippen LogP contribution in [0, 0.1) is 13.8 Å². The number of carbonyl (C=O) groups is 2. The van der Waals surface area contributed by atoms with E-state index < -0.39 is 0 Å². The first kappa shape index (κ1) is 22.3. The molecule has 0 spiro atoms. The summed E-state index contributed by atoms with van der Waals surface area (Å²) >= 11 is 1.23. The van der Waals surface area contributed by atoms with Crippen molar-refractivity contribution in [2.75, 3.05) is 23.5 Å². The van der Waals surface area contributed by atoms with Crippen molar-refractivity contribution in [3.05, 3.63) is 71.5 Å². The van der Waals surface area contributed by atoms with Crippen molar-refractivity contribution < 1.29 is 14.3 Å². The van der Waals surface area contributed by atoms with Crippen LogP contribution in [-0.4, -0.2) is 44.3 Å². The second-order valence-electron chi connectivity index (χ2n) is 7.24. The largest absolute Gasteiger partial charge is 0.497 e. The lowest BCUT2D eigenvalue weighted by Gasteiger charge is -2.08. The molecule has 0 fully saturated rings. The second-order valence-corrected chi connectivity index (χ2v) is 8.18. The summed E-state index contributed by atoms with van der Waals surface area (Å²) in [6.07, 6.45) is 0. The van der Waals surface area contributed by atoms with Crippen LogP contribution in [0.15, 0.2) is 59.8 Å². The summed E-state index contributed by atoms with van der Waals surface area (Å²) in [7, 11) is 1.59. The predicted molar refractivity (Wildman–Crippen MR) is 127 cm³/mol. The molecular formula is C23H22N6O3S. The predicted octanol–water partition coefficient (Wildman–Crippen LogP) is 3.73. The van der Waals surface area contributed by atoms with Gasteiger partial charge in [-0.1, -0.05) is 11.8 Å². The number of nitrogens with one attached hydrogen (secondary N) is 2. The average molecular weight is 463 g/mol. The summed E-state index contributed by atoms with van der Waals surface area (Å²) in [5.41, 5.74) is 3.53. The van der Waals surface area contributed by atoms with Crippen molar-refractivity contribution in [1.82, 2.24) is 19.6 Å². The number of nitrogens with zero attached hydrogens (tertiary/aromatic N) is 4. The third kappa shape index (κ3) is 5.47. The van der Waals surface area contributed by atoms with E-state index in [1.807, 2.05) is 19.9 Å². The Bertz CT molecular complexity index is 1300. The summed E-state index contributed by atoms with van der Waals surface area (Å²) in [5, 5.41) is 10.5. The minimum absolute atomic E-state index is 0.147. The van der Waals surface area contributed by atoms with Crippen molar-refractivity contribution >= 4 is 40.7 Å². The molecule has 0 saturated heterocycles. The molecular weight excluding hydrogens is 440 g/mol. The number of methoxy groups -OCH3 is 1. The van der Waals surface area contributed by atoms with Gasteiger partial charge in [-0.3, -0.25) is 9.59 Å². The van der Waals surface area contributed by atoms with Crippen molar-refractivity contribution in [2.45, 2.75) is 19.0 Å². The van der Waals surface area contributed by atoms with Crippen molar-refractivity contribution in [2.24, 2.45) is 0 Å². The SMILES string of the molecule is COc1ccc(NC(=O)c2ccc(NC(=O)CSc3nc4nc(C)cc(C)n4n3)cc2)cc1. The number of ether oxygens (including phenoxy) is 1. The van der Waals surface area contributed by atoms with Gasteiger partial charge in [-0.2, -0.15) is 4.98 Å². The number of carbonyl (C=O) groups excluding carboxylic acids is 2. The van der Waals surface area contributed by atoms with E-state index in [0.717, 1.165) is 11.4 Å². The Kier molecular flexibility index (Phi) is 6.55. The van der Waals surface area contributed by atoms with Gasteiger partial charge in [-0.05, 0) is 68.4 Å². The molecule has 2 amide bonds. The summed E-state index contributed by atoms with van der Waals surface area (Å²) in [5.74, 6) is 0.930. The van der Waals surface area contributed by atoms with Gasteiger partial charge in [0.05, 0.1) is 12.9 Å². The molecule has 0 aliphatic rings. The molecule has 0 unspecified atom stereocenters. The number of thioether (sulfide) groups is 1. The van der Waals surface area contributed by atoms with Crippen LogP contribution in [0.2, 0.25) is 0 Å². The highest BCUT2D eigenvalue weighted by molar-refractivity contribution is 7.99. The number of fused-ring (bicyclic) bond motifs is 1. The van der Waals surface area contributed by atoms with Crippen molar-refractivity contribution in [3.8, 4) is 5.75 Å². The Balaban J connectivity index is 1.31. The first-order chi connectivity index (χ1) is 15.9. The van der Waals surface area contributed by atoms with Crippen LogP contribution in [0.1, 0.15) is 21.7 Å². The van der Waals surface area contributed by atoms with Crippen LogP contribution < -0.4 is 15.4 Å². The van der Waals surface area contributed by atoms with Crippen LogP contribution in [0.3, 0.4) is 0 Å². The minimum Gasteiger partial charge on any atom is -0.497 e. The van der Waals surface area contributed by atoms with Crippen LogP contribution in [0.25, 0.3) is 5.78 Å². The van der Waals surface area contributed by atoms with Gasteiger partial charge in [0.1, 0.15) is 5.75 Å². The van der Waals surface area contributed by atoms with Gasteiger partial charge in [0.25, 0.3) is 11.7 Å². The second kappa shape index (κ2) is 9.70. The van der Waals surface area contributed by atoms with E-state index in [1.165, 1.54) is 11.8 Å². The molecule has 0 atom stereocenters. The lowest BCUT2D eigenvalue weighted by atomic mass is 10.2. The number of anilines is 2. The maximum Gasteiger partial charge on any atom is 0.255 e. The Morgan fingerprint density at radius 2 is 1.64 bits per heavy atom. The smallest absolute Gasteiger partial charge is 0.255 e. The topological polar surface area (TPSA) is 111 Å². The molecule has 4 rings (SSSR count). The first-order valence-corrected chi connectivity index (χ1v) is 11.1. The Labute approximate surface area is 194 Å². The van der Waals surface area contributed by atoms with Crippen molar-refractivity contribution in [1.29, 1.82) is 0 Å². The lowest BCUT2D eigenvalue weighted by Crippen LogP contribution is -2.15. The molecule has 2 N–H and O–H groups in total. The highest BCUT2D eigenvalue weighted by Gasteiger charge is 2.12. The lowest BCUT2D eigenvalue weighted by molar-refractivity contribution is -0.113. The number of hydrogen-bond acceptors (Lipinski definition) is 7. The van der Waals surface area contributed by atoms with Crippen LogP contribution >= 0.6 is 11.8 Å². The molecule has 9 nitrogen and oxygen atoms in total. The molecule has 10 heteroatoms. The van der Waals surface area contributed by atoms with E-state index in [-0.39, 0.29) is 17.6 Å². The molecule has 0 bridgehead atoms. The minimum atomic E-state index is -0.245. The third-order valence-corrected chi connectivity index (χ3v) is 5.55. The molecule has 0 saturated carbocycles. The van der Waals surface area contributed by atoms with Gasteiger partial charge >= 0.3 is 0 Å². The van der Waals surface area contributed by atoms with E-state index in [4.69, 9.17) is 4.74 Å². The molecule has 33 heavy (non-hydrogen) atoms. The monoisotopic (exact) mass is 462 g/mol. The number of aromatic nitrogens is 4. The van der Waals surface area contributed by atoms with Crippen LogP contribution in [-0.2, 0) is 4.79 Å². The molecule has 2 aromatic heterocycles. The Hall–Kier alpha value is -3.92. The summed E-state index contributed by atoms with van der Waals surface area (Å²) in [6, 6.07) is 15.7.